The van der Waals surface area contributed by atoms with Crippen LogP contribution in [-0.4, -0.2) is 0 Å². The predicted octanol–water partition coefficient (Wildman–Crippen LogP) is 5.32. The fourth-order valence-electron chi connectivity index (χ4n) is 2.95. The number of hydrogen-bond acceptors (Lipinski definition) is 0. The second-order valence-corrected chi connectivity index (χ2v) is 5.94. The van der Waals surface area contributed by atoms with Gasteiger partial charge in [-0.05, 0) is 35.8 Å². The summed E-state index contributed by atoms with van der Waals surface area (Å²) in [5, 5.41) is 0. The second kappa shape index (κ2) is 6.23. The van der Waals surface area contributed by atoms with Crippen LogP contribution in [0, 0.1) is 5.92 Å². The summed E-state index contributed by atoms with van der Waals surface area (Å²) < 4.78 is 0. The summed E-state index contributed by atoms with van der Waals surface area (Å²) in [7, 11) is 0. The van der Waals surface area contributed by atoms with E-state index in [1.165, 1.54) is 50.5 Å². The largest absolute Gasteiger partial charge is 0.0617 e. The molecule has 0 spiro atoms. The highest BCUT2D eigenvalue weighted by atomic mass is 14.2. The summed E-state index contributed by atoms with van der Waals surface area (Å²) in [6, 6.07) is 9.20. The monoisotopic (exact) mass is 230 g/mol. The molecule has 1 aromatic rings. The molecule has 17 heavy (non-hydrogen) atoms. The lowest BCUT2D eigenvalue weighted by atomic mass is 9.85. The Morgan fingerprint density at radius 1 is 1.12 bits per heavy atom. The Kier molecular flexibility index (Phi) is 4.65. The molecule has 0 nitrogen and oxygen atoms in total. The molecule has 0 N–H and O–H groups in total. The van der Waals surface area contributed by atoms with Crippen LogP contribution < -0.4 is 0 Å². The molecular formula is C17H26. The van der Waals surface area contributed by atoms with Crippen molar-refractivity contribution in [2.24, 2.45) is 5.92 Å². The fourth-order valence-corrected chi connectivity index (χ4v) is 2.95. The first-order chi connectivity index (χ1) is 8.25. The molecule has 94 valence electrons. The van der Waals surface area contributed by atoms with Crippen LogP contribution >= 0.6 is 0 Å². The van der Waals surface area contributed by atoms with Gasteiger partial charge in [-0.3, -0.25) is 0 Å². The molecule has 1 aromatic carbocycles. The van der Waals surface area contributed by atoms with E-state index in [1.54, 1.807) is 5.56 Å². The molecule has 0 atom stereocenters. The SMILES string of the molecule is CC(C)c1cccc(CCC2CCCCC2)c1. The Balaban J connectivity index is 1.87. The predicted molar refractivity (Wildman–Crippen MR) is 75.4 cm³/mol. The van der Waals surface area contributed by atoms with Crippen molar-refractivity contribution in [2.45, 2.75) is 64.7 Å². The highest BCUT2D eigenvalue weighted by Gasteiger charge is 2.13. The normalized spacial score (nSPS) is 17.6. The molecule has 1 fully saturated rings. The molecule has 1 aliphatic carbocycles. The molecule has 0 aliphatic heterocycles. The van der Waals surface area contributed by atoms with Crippen LogP contribution in [0.3, 0.4) is 0 Å². The van der Waals surface area contributed by atoms with Crippen LogP contribution in [0.5, 0.6) is 0 Å². The molecule has 0 heterocycles. The molecule has 1 aliphatic rings. The summed E-state index contributed by atoms with van der Waals surface area (Å²) in [6.07, 6.45) is 10.0. The minimum absolute atomic E-state index is 0.657. The van der Waals surface area contributed by atoms with Crippen molar-refractivity contribution in [1.82, 2.24) is 0 Å². The van der Waals surface area contributed by atoms with E-state index < -0.39 is 0 Å². The van der Waals surface area contributed by atoms with Crippen LogP contribution in [0.1, 0.15) is 69.4 Å². The molecule has 2 rings (SSSR count). The van der Waals surface area contributed by atoms with E-state index in [0.29, 0.717) is 5.92 Å². The molecule has 1 saturated carbocycles. The molecule has 0 saturated heterocycles. The zero-order chi connectivity index (χ0) is 12.1. The van der Waals surface area contributed by atoms with Crippen molar-refractivity contribution >= 4 is 0 Å². The maximum Gasteiger partial charge on any atom is -0.0219 e. The van der Waals surface area contributed by atoms with E-state index in [-0.39, 0.29) is 0 Å². The highest BCUT2D eigenvalue weighted by molar-refractivity contribution is 5.25. The Morgan fingerprint density at radius 3 is 2.59 bits per heavy atom. The molecule has 0 bridgehead atoms. The quantitative estimate of drug-likeness (QED) is 0.656. The summed E-state index contributed by atoms with van der Waals surface area (Å²) in [5.74, 6) is 1.66. The zero-order valence-electron chi connectivity index (χ0n) is 11.4. The smallest absolute Gasteiger partial charge is 0.0219 e. The van der Waals surface area contributed by atoms with Gasteiger partial charge in [0.2, 0.25) is 0 Å². The van der Waals surface area contributed by atoms with Crippen molar-refractivity contribution in [3.63, 3.8) is 0 Å². The van der Waals surface area contributed by atoms with Gasteiger partial charge in [-0.15, -0.1) is 0 Å². The lowest BCUT2D eigenvalue weighted by molar-refractivity contribution is 0.339. The number of benzene rings is 1. The number of aryl methyl sites for hydroxylation is 1. The lowest BCUT2D eigenvalue weighted by Gasteiger charge is -2.21. The highest BCUT2D eigenvalue weighted by Crippen LogP contribution is 2.27. The summed E-state index contributed by atoms with van der Waals surface area (Å²) >= 11 is 0. The molecule has 0 unspecified atom stereocenters. The molecule has 0 radical (unpaired) electrons. The van der Waals surface area contributed by atoms with Gasteiger partial charge < -0.3 is 0 Å². The minimum Gasteiger partial charge on any atom is -0.0617 e. The van der Waals surface area contributed by atoms with Crippen LogP contribution in [0.15, 0.2) is 24.3 Å². The van der Waals surface area contributed by atoms with Gasteiger partial charge in [0.1, 0.15) is 0 Å². The second-order valence-electron chi connectivity index (χ2n) is 5.94. The fraction of sp³-hybridized carbons (Fsp3) is 0.647. The Morgan fingerprint density at radius 2 is 1.88 bits per heavy atom. The summed E-state index contributed by atoms with van der Waals surface area (Å²) in [5.41, 5.74) is 3.04. The van der Waals surface area contributed by atoms with Gasteiger partial charge in [-0.1, -0.05) is 70.2 Å². The summed E-state index contributed by atoms with van der Waals surface area (Å²) in [6.45, 7) is 4.56. The molecule has 0 heteroatoms. The molecule has 0 amide bonds. The average molecular weight is 230 g/mol. The van der Waals surface area contributed by atoms with E-state index in [0.717, 1.165) is 5.92 Å². The average Bonchev–Trinajstić information content (AvgIpc) is 2.38. The van der Waals surface area contributed by atoms with Crippen molar-refractivity contribution in [2.75, 3.05) is 0 Å². The molecule has 0 aromatic heterocycles. The van der Waals surface area contributed by atoms with Crippen LogP contribution in [0.2, 0.25) is 0 Å². The van der Waals surface area contributed by atoms with Crippen molar-refractivity contribution in [3.8, 4) is 0 Å². The first-order valence-corrected chi connectivity index (χ1v) is 7.34. The maximum atomic E-state index is 2.41. The van der Waals surface area contributed by atoms with Gasteiger partial charge in [0, 0.05) is 0 Å². The van der Waals surface area contributed by atoms with Crippen LogP contribution in [0.25, 0.3) is 0 Å². The van der Waals surface area contributed by atoms with E-state index >= 15 is 0 Å². The van der Waals surface area contributed by atoms with Crippen molar-refractivity contribution in [3.05, 3.63) is 35.4 Å². The van der Waals surface area contributed by atoms with Gasteiger partial charge in [-0.25, -0.2) is 0 Å². The zero-order valence-corrected chi connectivity index (χ0v) is 11.4. The Bertz CT molecular complexity index is 332. The van der Waals surface area contributed by atoms with Gasteiger partial charge >= 0.3 is 0 Å². The van der Waals surface area contributed by atoms with E-state index in [1.807, 2.05) is 0 Å². The van der Waals surface area contributed by atoms with Crippen molar-refractivity contribution in [1.29, 1.82) is 0 Å². The van der Waals surface area contributed by atoms with Crippen molar-refractivity contribution < 1.29 is 0 Å². The summed E-state index contributed by atoms with van der Waals surface area (Å²) in [4.78, 5) is 0. The first-order valence-electron chi connectivity index (χ1n) is 7.34. The Labute approximate surface area is 106 Å². The van der Waals surface area contributed by atoms with E-state index in [2.05, 4.69) is 38.1 Å². The third-order valence-electron chi connectivity index (χ3n) is 4.18. The molecular weight excluding hydrogens is 204 g/mol. The van der Waals surface area contributed by atoms with Crippen LogP contribution in [0.4, 0.5) is 0 Å². The van der Waals surface area contributed by atoms with E-state index in [4.69, 9.17) is 0 Å². The maximum absolute atomic E-state index is 2.41. The first kappa shape index (κ1) is 12.7. The lowest BCUT2D eigenvalue weighted by Crippen LogP contribution is -2.07. The third-order valence-corrected chi connectivity index (χ3v) is 4.18. The topological polar surface area (TPSA) is 0 Å². The number of hydrogen-bond donors (Lipinski definition) is 0. The Hall–Kier alpha value is -0.780. The minimum atomic E-state index is 0.657. The number of rotatable bonds is 4. The third kappa shape index (κ3) is 3.87. The van der Waals surface area contributed by atoms with Gasteiger partial charge in [0.15, 0.2) is 0 Å². The van der Waals surface area contributed by atoms with Gasteiger partial charge in [-0.2, -0.15) is 0 Å². The van der Waals surface area contributed by atoms with Gasteiger partial charge in [0.05, 0.1) is 0 Å². The van der Waals surface area contributed by atoms with E-state index in [9.17, 15) is 0 Å². The standard InChI is InChI=1S/C17H26/c1-14(2)17-10-6-9-16(13-17)12-11-15-7-4-3-5-8-15/h6,9-10,13-15H,3-5,7-8,11-12H2,1-2H3. The van der Waals surface area contributed by atoms with Gasteiger partial charge in [0.25, 0.3) is 0 Å². The van der Waals surface area contributed by atoms with Crippen LogP contribution in [-0.2, 0) is 6.42 Å².